The topological polar surface area (TPSA) is 38.9 Å². The molecular weight excluding hydrogens is 184 g/mol. The fourth-order valence-corrected chi connectivity index (χ4v) is 1.33. The van der Waals surface area contributed by atoms with E-state index in [9.17, 15) is 0 Å². The number of rotatable bonds is 2. The number of benzene rings is 1. The maximum absolute atomic E-state index is 5.68. The minimum atomic E-state index is 0.781. The molecule has 0 radical (unpaired) electrons. The van der Waals surface area contributed by atoms with Crippen LogP contribution in [0.25, 0.3) is 12.2 Å². The van der Waals surface area contributed by atoms with Crippen molar-refractivity contribution in [3.63, 3.8) is 0 Å². The highest BCUT2D eigenvalue weighted by molar-refractivity contribution is 5.70. The van der Waals surface area contributed by atoms with Crippen LogP contribution in [-0.2, 0) is 0 Å². The first-order valence-corrected chi connectivity index (χ1v) is 4.78. The lowest BCUT2D eigenvalue weighted by Gasteiger charge is -1.95. The molecule has 0 amide bonds. The van der Waals surface area contributed by atoms with Gasteiger partial charge in [0.25, 0.3) is 0 Å². The Kier molecular flexibility index (Phi) is 2.79. The van der Waals surface area contributed by atoms with Crippen molar-refractivity contribution in [1.82, 2.24) is 4.98 Å². The van der Waals surface area contributed by atoms with Gasteiger partial charge >= 0.3 is 0 Å². The van der Waals surface area contributed by atoms with E-state index in [1.807, 2.05) is 54.7 Å². The molecule has 1 aromatic carbocycles. The SMILES string of the molecule is Nc1cccc(/C=C\c2cccnc2)c1. The van der Waals surface area contributed by atoms with Gasteiger partial charge in [-0.3, -0.25) is 4.98 Å². The van der Waals surface area contributed by atoms with Crippen molar-refractivity contribution >= 4 is 17.8 Å². The molecule has 0 aliphatic rings. The number of hydrogen-bond donors (Lipinski definition) is 1. The van der Waals surface area contributed by atoms with Gasteiger partial charge in [0.1, 0.15) is 0 Å². The third kappa shape index (κ3) is 2.68. The smallest absolute Gasteiger partial charge is 0.0340 e. The molecule has 0 saturated carbocycles. The molecule has 74 valence electrons. The highest BCUT2D eigenvalue weighted by Crippen LogP contribution is 2.10. The van der Waals surface area contributed by atoms with Gasteiger partial charge in [-0.25, -0.2) is 0 Å². The Hall–Kier alpha value is -2.09. The fraction of sp³-hybridized carbons (Fsp3) is 0. The number of hydrogen-bond acceptors (Lipinski definition) is 2. The van der Waals surface area contributed by atoms with Gasteiger partial charge in [-0.15, -0.1) is 0 Å². The summed E-state index contributed by atoms with van der Waals surface area (Å²) < 4.78 is 0. The molecular formula is C13H12N2. The Morgan fingerprint density at radius 1 is 1.00 bits per heavy atom. The van der Waals surface area contributed by atoms with Crippen LogP contribution in [0, 0.1) is 0 Å². The van der Waals surface area contributed by atoms with Crippen LogP contribution in [0.15, 0.2) is 48.8 Å². The van der Waals surface area contributed by atoms with Crippen LogP contribution in [-0.4, -0.2) is 4.98 Å². The van der Waals surface area contributed by atoms with Crippen molar-refractivity contribution in [2.75, 3.05) is 5.73 Å². The van der Waals surface area contributed by atoms with Crippen LogP contribution in [0.3, 0.4) is 0 Å². The maximum atomic E-state index is 5.68. The first kappa shape index (κ1) is 9.46. The van der Waals surface area contributed by atoms with Gasteiger partial charge in [0.2, 0.25) is 0 Å². The van der Waals surface area contributed by atoms with Crippen molar-refractivity contribution in [3.8, 4) is 0 Å². The van der Waals surface area contributed by atoms with Crippen molar-refractivity contribution in [3.05, 3.63) is 59.9 Å². The summed E-state index contributed by atoms with van der Waals surface area (Å²) in [6, 6.07) is 11.7. The second kappa shape index (κ2) is 4.42. The minimum absolute atomic E-state index is 0.781. The van der Waals surface area contributed by atoms with Crippen LogP contribution in [0.2, 0.25) is 0 Å². The summed E-state index contributed by atoms with van der Waals surface area (Å²) in [6.45, 7) is 0. The fourth-order valence-electron chi connectivity index (χ4n) is 1.33. The predicted molar refractivity (Wildman–Crippen MR) is 64.0 cm³/mol. The Labute approximate surface area is 89.1 Å². The first-order valence-electron chi connectivity index (χ1n) is 4.78. The van der Waals surface area contributed by atoms with E-state index < -0.39 is 0 Å². The van der Waals surface area contributed by atoms with Gasteiger partial charge in [0.05, 0.1) is 0 Å². The molecule has 0 saturated heterocycles. The summed E-state index contributed by atoms with van der Waals surface area (Å²) in [7, 11) is 0. The molecule has 15 heavy (non-hydrogen) atoms. The predicted octanol–water partition coefficient (Wildman–Crippen LogP) is 2.83. The van der Waals surface area contributed by atoms with E-state index in [0.717, 1.165) is 16.8 Å². The monoisotopic (exact) mass is 196 g/mol. The standard InChI is InChI=1S/C13H12N2/c14-13-5-1-3-11(9-13)6-7-12-4-2-8-15-10-12/h1-10H,14H2/b7-6-. The van der Waals surface area contributed by atoms with Crippen LogP contribution < -0.4 is 5.73 Å². The molecule has 2 aromatic rings. The zero-order valence-corrected chi connectivity index (χ0v) is 8.30. The van der Waals surface area contributed by atoms with Gasteiger partial charge in [-0.05, 0) is 29.3 Å². The van der Waals surface area contributed by atoms with E-state index in [1.54, 1.807) is 6.20 Å². The number of nitrogens with two attached hydrogens (primary N) is 1. The van der Waals surface area contributed by atoms with Gasteiger partial charge in [-0.1, -0.05) is 30.4 Å². The molecule has 0 fully saturated rings. The Balaban J connectivity index is 2.19. The number of pyridine rings is 1. The molecule has 0 unspecified atom stereocenters. The molecule has 1 heterocycles. The van der Waals surface area contributed by atoms with Crippen LogP contribution >= 0.6 is 0 Å². The average molecular weight is 196 g/mol. The molecule has 0 bridgehead atoms. The van der Waals surface area contributed by atoms with Gasteiger partial charge < -0.3 is 5.73 Å². The lowest BCUT2D eigenvalue weighted by atomic mass is 10.1. The maximum Gasteiger partial charge on any atom is 0.0340 e. The quantitative estimate of drug-likeness (QED) is 0.750. The number of nitrogen functional groups attached to an aromatic ring is 1. The Morgan fingerprint density at radius 3 is 2.53 bits per heavy atom. The Morgan fingerprint density at radius 2 is 1.80 bits per heavy atom. The van der Waals surface area contributed by atoms with E-state index in [2.05, 4.69) is 4.98 Å². The van der Waals surface area contributed by atoms with Crippen molar-refractivity contribution in [2.45, 2.75) is 0 Å². The molecule has 0 spiro atoms. The lowest BCUT2D eigenvalue weighted by Crippen LogP contribution is -1.83. The lowest BCUT2D eigenvalue weighted by molar-refractivity contribution is 1.32. The van der Waals surface area contributed by atoms with Crippen LogP contribution in [0.5, 0.6) is 0 Å². The van der Waals surface area contributed by atoms with Crippen molar-refractivity contribution in [2.24, 2.45) is 0 Å². The largest absolute Gasteiger partial charge is 0.399 e. The second-order valence-corrected chi connectivity index (χ2v) is 3.29. The third-order valence-corrected chi connectivity index (χ3v) is 2.06. The zero-order chi connectivity index (χ0) is 10.5. The second-order valence-electron chi connectivity index (χ2n) is 3.29. The van der Waals surface area contributed by atoms with Crippen molar-refractivity contribution in [1.29, 1.82) is 0 Å². The first-order chi connectivity index (χ1) is 7.34. The summed E-state index contributed by atoms with van der Waals surface area (Å²) in [5.74, 6) is 0. The molecule has 2 rings (SSSR count). The van der Waals surface area contributed by atoms with E-state index in [4.69, 9.17) is 5.73 Å². The number of aromatic nitrogens is 1. The minimum Gasteiger partial charge on any atom is -0.399 e. The molecule has 0 aliphatic carbocycles. The number of anilines is 1. The number of nitrogens with zero attached hydrogens (tertiary/aromatic N) is 1. The normalized spacial score (nSPS) is 10.7. The van der Waals surface area contributed by atoms with Gasteiger partial charge in [0.15, 0.2) is 0 Å². The molecule has 2 N–H and O–H groups in total. The molecule has 0 atom stereocenters. The van der Waals surface area contributed by atoms with Gasteiger partial charge in [0, 0.05) is 18.1 Å². The average Bonchev–Trinajstić information content (AvgIpc) is 2.28. The zero-order valence-electron chi connectivity index (χ0n) is 8.30. The molecule has 2 heteroatoms. The summed E-state index contributed by atoms with van der Waals surface area (Å²) in [5.41, 5.74) is 8.64. The Bertz CT molecular complexity index is 461. The highest BCUT2D eigenvalue weighted by atomic mass is 14.6. The summed E-state index contributed by atoms with van der Waals surface area (Å²) in [5, 5.41) is 0. The van der Waals surface area contributed by atoms with E-state index >= 15 is 0 Å². The molecule has 0 aliphatic heterocycles. The van der Waals surface area contributed by atoms with E-state index in [1.165, 1.54) is 0 Å². The third-order valence-electron chi connectivity index (χ3n) is 2.06. The molecule has 2 nitrogen and oxygen atoms in total. The highest BCUT2D eigenvalue weighted by Gasteiger charge is 1.88. The van der Waals surface area contributed by atoms with Gasteiger partial charge in [-0.2, -0.15) is 0 Å². The van der Waals surface area contributed by atoms with E-state index in [-0.39, 0.29) is 0 Å². The molecule has 1 aromatic heterocycles. The van der Waals surface area contributed by atoms with Crippen LogP contribution in [0.4, 0.5) is 5.69 Å². The summed E-state index contributed by atoms with van der Waals surface area (Å²) in [6.07, 6.45) is 7.62. The summed E-state index contributed by atoms with van der Waals surface area (Å²) >= 11 is 0. The summed E-state index contributed by atoms with van der Waals surface area (Å²) in [4.78, 5) is 4.04. The van der Waals surface area contributed by atoms with Crippen molar-refractivity contribution < 1.29 is 0 Å². The van der Waals surface area contributed by atoms with E-state index in [0.29, 0.717) is 0 Å². The van der Waals surface area contributed by atoms with Crippen LogP contribution in [0.1, 0.15) is 11.1 Å².